The summed E-state index contributed by atoms with van der Waals surface area (Å²) in [6.07, 6.45) is 5.26. The quantitative estimate of drug-likeness (QED) is 0.0679. The number of primary amides is 1. The first-order chi connectivity index (χ1) is 37.0. The molecule has 15 nitrogen and oxygen atoms in total. The molecule has 0 spiro atoms. The van der Waals surface area contributed by atoms with Crippen LogP contribution >= 0.6 is 11.6 Å². The van der Waals surface area contributed by atoms with Crippen molar-refractivity contribution in [3.05, 3.63) is 105 Å². The van der Waals surface area contributed by atoms with Gasteiger partial charge in [-0.05, 0) is 93.0 Å². The van der Waals surface area contributed by atoms with Gasteiger partial charge >= 0.3 is 6.03 Å². The number of aryl methyl sites for hydroxylation is 1. The Hall–Kier alpha value is -6.28. The number of halogens is 5. The highest BCUT2D eigenvalue weighted by atomic mass is 35.5. The zero-order valence-electron chi connectivity index (χ0n) is 43.7. The number of hydrogen-bond donors (Lipinski definition) is 3. The molecule has 5 aliphatic rings. The Bertz CT molecular complexity index is 3090. The predicted octanol–water partition coefficient (Wildman–Crippen LogP) is 8.92. The van der Waals surface area contributed by atoms with Crippen molar-refractivity contribution in [2.45, 2.75) is 88.7 Å². The van der Waals surface area contributed by atoms with Crippen LogP contribution in [0.5, 0.6) is 11.5 Å². The third kappa shape index (κ3) is 10.2. The number of anilines is 1. The van der Waals surface area contributed by atoms with Crippen LogP contribution in [0.3, 0.4) is 0 Å². The number of carbonyl (C=O) groups is 4. The summed E-state index contributed by atoms with van der Waals surface area (Å²) in [6, 6.07) is 14.0. The second-order valence-electron chi connectivity index (χ2n) is 21.6. The van der Waals surface area contributed by atoms with Crippen LogP contribution in [0.4, 0.5) is 28.2 Å². The van der Waals surface area contributed by atoms with Crippen LogP contribution < -0.4 is 30.7 Å². The number of nitrogens with zero attached hydrogens (tertiary/aromatic N) is 5. The third-order valence-electron chi connectivity index (χ3n) is 17.0. The molecule has 5 aromatic rings. The average Bonchev–Trinajstić information content (AvgIpc) is 3.91. The summed E-state index contributed by atoms with van der Waals surface area (Å²) >= 11 is 6.76. The molecule has 5 heterocycles. The number of rotatable bonds is 15. The number of aromatic nitrogens is 2. The van der Waals surface area contributed by atoms with E-state index in [4.69, 9.17) is 31.5 Å². The van der Waals surface area contributed by atoms with Crippen molar-refractivity contribution in [3.8, 4) is 22.6 Å². The smallest absolute Gasteiger partial charge is 0.329 e. The lowest BCUT2D eigenvalue weighted by Gasteiger charge is -2.41. The van der Waals surface area contributed by atoms with Gasteiger partial charge in [-0.3, -0.25) is 29.3 Å². The van der Waals surface area contributed by atoms with Crippen molar-refractivity contribution >= 4 is 52.1 Å². The molecule has 0 radical (unpaired) electrons. The van der Waals surface area contributed by atoms with Gasteiger partial charge in [0.2, 0.25) is 17.7 Å². The lowest BCUT2D eigenvalue weighted by atomic mass is 9.77. The van der Waals surface area contributed by atoms with E-state index in [9.17, 15) is 19.2 Å². The number of hydrogen-bond acceptors (Lipinski definition) is 10. The molecule has 4 atom stereocenters. The van der Waals surface area contributed by atoms with E-state index >= 15 is 17.6 Å². The molecule has 0 unspecified atom stereocenters. The summed E-state index contributed by atoms with van der Waals surface area (Å²) in [5.41, 5.74) is 5.54. The first kappa shape index (κ1) is 54.1. The monoisotopic (exact) mass is 1080 g/mol. The van der Waals surface area contributed by atoms with E-state index in [1.807, 2.05) is 49.1 Å². The number of amides is 5. The van der Waals surface area contributed by atoms with Crippen molar-refractivity contribution < 1.29 is 51.0 Å². The van der Waals surface area contributed by atoms with Gasteiger partial charge in [-0.2, -0.15) is 5.10 Å². The van der Waals surface area contributed by atoms with Crippen molar-refractivity contribution in [3.63, 3.8) is 0 Å². The van der Waals surface area contributed by atoms with Gasteiger partial charge < -0.3 is 35.1 Å². The van der Waals surface area contributed by atoms with Gasteiger partial charge in [-0.25, -0.2) is 22.4 Å². The SMILES string of the molecule is COCCOc1ccc(C(N)=O)c(-c2c(Cl)c(F)cc3c2[C@H](C)[C@@](CNC2CCC(C(=O)N4CCC(CN5CC[C@@H](c6c(F)cc7c(N8CCC(=O)NC8=O)nn(C)c7c6F)[C@@H](C)C5)CC4)CC2)(c2ccccc2)O3)c1F. The van der Waals surface area contributed by atoms with Gasteiger partial charge in [-0.15, -0.1) is 0 Å². The maximum absolute atomic E-state index is 16.6. The molecular weight excluding hydrogens is 1020 g/mol. The second kappa shape index (κ2) is 22.2. The number of ether oxygens (including phenoxy) is 3. The molecule has 77 heavy (non-hydrogen) atoms. The van der Waals surface area contributed by atoms with Crippen molar-refractivity contribution in [1.82, 2.24) is 30.2 Å². The zero-order chi connectivity index (χ0) is 54.4. The minimum absolute atomic E-state index is 0.0165. The van der Waals surface area contributed by atoms with Gasteiger partial charge in [-0.1, -0.05) is 55.8 Å². The average molecular weight is 1090 g/mol. The van der Waals surface area contributed by atoms with Gasteiger partial charge in [0.1, 0.15) is 29.5 Å². The number of nitrogens with two attached hydrogens (primary N) is 1. The summed E-state index contributed by atoms with van der Waals surface area (Å²) in [5.74, 6) is -4.90. The largest absolute Gasteiger partial charge is 0.488 e. The fourth-order valence-electron chi connectivity index (χ4n) is 12.9. The number of piperidine rings is 2. The number of carbonyl (C=O) groups excluding carboxylic acids is 4. The molecule has 4 N–H and O–H groups in total. The molecule has 410 valence electrons. The lowest BCUT2D eigenvalue weighted by molar-refractivity contribution is -0.138. The number of fused-ring (bicyclic) bond motifs is 2. The van der Waals surface area contributed by atoms with Gasteiger partial charge in [0, 0.05) is 106 Å². The second-order valence-corrected chi connectivity index (χ2v) is 21.9. The van der Waals surface area contributed by atoms with E-state index in [2.05, 4.69) is 20.6 Å². The van der Waals surface area contributed by atoms with Crippen LogP contribution in [0.15, 0.2) is 54.6 Å². The van der Waals surface area contributed by atoms with Crippen molar-refractivity contribution in [1.29, 1.82) is 0 Å². The molecule has 1 aromatic heterocycles. The molecule has 20 heteroatoms. The fourth-order valence-corrected chi connectivity index (χ4v) is 13.1. The number of urea groups is 1. The Morgan fingerprint density at radius 2 is 1.64 bits per heavy atom. The van der Waals surface area contributed by atoms with Gasteiger partial charge in [0.15, 0.2) is 28.8 Å². The Balaban J connectivity index is 0.747. The molecule has 0 bridgehead atoms. The van der Waals surface area contributed by atoms with Crippen LogP contribution in [0.2, 0.25) is 5.02 Å². The van der Waals surface area contributed by atoms with Crippen LogP contribution in [0.25, 0.3) is 22.0 Å². The standard InChI is InChI=1S/C57H65ClF4N8O7/c1-31-28-68(20-18-37(31)46-40(59)26-39-52(51(46)62)67(3)66-54(39)70-23-19-44(71)65-56(70)74)29-33-16-21-69(22-17-33)55(73)34-10-12-36(13-11-34)64-30-57(35-8-6-5-7-9-35)32(2)45-43(77-57)27-41(60)49(58)48(45)47-38(53(63)72)14-15-42(50(47)61)76-25-24-75-4/h5-9,14-15,26-27,31-34,36-37,64H,10-13,16-25,28-30H2,1-4H3,(H2,63,72)(H,65,71,74)/t31-,32-,34?,36?,37+,57-/m0/s1. The molecular formula is C57H65ClF4N8O7. The van der Waals surface area contributed by atoms with E-state index in [1.54, 1.807) is 7.05 Å². The van der Waals surface area contributed by atoms with Crippen LogP contribution in [-0.2, 0) is 27.0 Å². The highest BCUT2D eigenvalue weighted by Crippen LogP contribution is 2.57. The normalized spacial score (nSPS) is 24.2. The zero-order valence-corrected chi connectivity index (χ0v) is 44.5. The first-order valence-corrected chi connectivity index (χ1v) is 27.1. The first-order valence-electron chi connectivity index (χ1n) is 26.7. The van der Waals surface area contributed by atoms with Crippen LogP contribution in [0.1, 0.15) is 104 Å². The molecule has 1 saturated carbocycles. The number of nitrogens with one attached hydrogen (secondary N) is 2. The van der Waals surface area contributed by atoms with E-state index in [0.29, 0.717) is 56.9 Å². The molecule has 4 aliphatic heterocycles. The maximum Gasteiger partial charge on any atom is 0.329 e. The highest BCUT2D eigenvalue weighted by molar-refractivity contribution is 6.34. The van der Waals surface area contributed by atoms with Crippen molar-refractivity contribution in [2.24, 2.45) is 30.5 Å². The molecule has 4 aromatic carbocycles. The Morgan fingerprint density at radius 3 is 2.32 bits per heavy atom. The molecule has 3 saturated heterocycles. The van der Waals surface area contributed by atoms with E-state index in [-0.39, 0.29) is 118 Å². The summed E-state index contributed by atoms with van der Waals surface area (Å²) in [7, 11) is 3.05. The Kier molecular flexibility index (Phi) is 15.6. The van der Waals surface area contributed by atoms with E-state index in [1.165, 1.54) is 41.0 Å². The Labute approximate surface area is 449 Å². The molecule has 5 amide bonds. The van der Waals surface area contributed by atoms with Gasteiger partial charge in [0.05, 0.1) is 22.6 Å². The maximum atomic E-state index is 16.6. The summed E-state index contributed by atoms with van der Waals surface area (Å²) in [6.45, 7) is 8.02. The summed E-state index contributed by atoms with van der Waals surface area (Å²) in [5, 5.41) is 10.2. The summed E-state index contributed by atoms with van der Waals surface area (Å²) in [4.78, 5) is 56.9. The number of methoxy groups -OCH3 is 1. The minimum Gasteiger partial charge on any atom is -0.488 e. The molecule has 1 aliphatic carbocycles. The summed E-state index contributed by atoms with van der Waals surface area (Å²) < 4.78 is 83.9. The highest BCUT2D eigenvalue weighted by Gasteiger charge is 2.50. The number of likely N-dealkylation sites (tertiary alicyclic amines) is 2. The van der Waals surface area contributed by atoms with E-state index in [0.717, 1.165) is 37.8 Å². The van der Waals surface area contributed by atoms with Gasteiger partial charge in [0.25, 0.3) is 0 Å². The topological polar surface area (TPSA) is 174 Å². The van der Waals surface area contributed by atoms with Crippen LogP contribution in [-0.4, -0.2) is 116 Å². The lowest BCUT2D eigenvalue weighted by Crippen LogP contribution is -2.49. The predicted molar refractivity (Wildman–Crippen MR) is 282 cm³/mol. The number of imide groups is 1. The Morgan fingerprint density at radius 1 is 0.896 bits per heavy atom. The van der Waals surface area contributed by atoms with E-state index < -0.39 is 52.6 Å². The van der Waals surface area contributed by atoms with Crippen molar-refractivity contribution in [2.75, 3.05) is 71.0 Å². The molecule has 4 fully saturated rings. The van der Waals surface area contributed by atoms with Crippen LogP contribution in [0, 0.1) is 41.0 Å². The third-order valence-corrected chi connectivity index (χ3v) is 17.3. The number of benzene rings is 4. The minimum atomic E-state index is -1.12. The molecule has 10 rings (SSSR count). The fraction of sp³-hybridized carbons (Fsp3) is 0.491.